The predicted molar refractivity (Wildman–Crippen MR) is 137 cm³/mol. The SMILES string of the molecule is COc1ccc(CCN2C(=O)c3cc4ccccc4n3C[C@@]2(C)C(=O)NCCC(C)C)cc1OC. The molecule has 186 valence electrons. The number of fused-ring (bicyclic) bond motifs is 3. The van der Waals surface area contributed by atoms with Crippen LogP contribution in [0.3, 0.4) is 0 Å². The van der Waals surface area contributed by atoms with Gasteiger partial charge in [0.25, 0.3) is 5.91 Å². The van der Waals surface area contributed by atoms with Crippen LogP contribution >= 0.6 is 0 Å². The lowest BCUT2D eigenvalue weighted by molar-refractivity contribution is -0.132. The van der Waals surface area contributed by atoms with Gasteiger partial charge in [-0.15, -0.1) is 0 Å². The molecule has 2 amide bonds. The van der Waals surface area contributed by atoms with Crippen molar-refractivity contribution in [2.45, 2.75) is 45.7 Å². The second-order valence-corrected chi connectivity index (χ2v) is 9.78. The fourth-order valence-corrected chi connectivity index (χ4v) is 4.80. The van der Waals surface area contributed by atoms with Crippen molar-refractivity contribution in [1.82, 2.24) is 14.8 Å². The molecular formula is C28H35N3O4. The van der Waals surface area contributed by atoms with Crippen molar-refractivity contribution in [3.05, 3.63) is 59.8 Å². The van der Waals surface area contributed by atoms with Gasteiger partial charge in [-0.3, -0.25) is 9.59 Å². The van der Waals surface area contributed by atoms with E-state index in [2.05, 4.69) is 19.2 Å². The van der Waals surface area contributed by atoms with Gasteiger partial charge < -0.3 is 24.3 Å². The van der Waals surface area contributed by atoms with Gasteiger partial charge in [0.2, 0.25) is 5.91 Å². The number of nitrogens with one attached hydrogen (secondary N) is 1. The zero-order valence-corrected chi connectivity index (χ0v) is 21.3. The van der Waals surface area contributed by atoms with Crippen molar-refractivity contribution in [1.29, 1.82) is 0 Å². The molecule has 3 aromatic rings. The van der Waals surface area contributed by atoms with Gasteiger partial charge >= 0.3 is 0 Å². The number of amides is 2. The van der Waals surface area contributed by atoms with Gasteiger partial charge in [-0.2, -0.15) is 0 Å². The van der Waals surface area contributed by atoms with E-state index in [9.17, 15) is 9.59 Å². The third kappa shape index (κ3) is 4.72. The summed E-state index contributed by atoms with van der Waals surface area (Å²) < 4.78 is 12.8. The van der Waals surface area contributed by atoms with Crippen LogP contribution in [-0.2, 0) is 17.8 Å². The second kappa shape index (κ2) is 10.0. The zero-order valence-electron chi connectivity index (χ0n) is 21.3. The smallest absolute Gasteiger partial charge is 0.271 e. The largest absolute Gasteiger partial charge is 0.493 e. The monoisotopic (exact) mass is 477 g/mol. The van der Waals surface area contributed by atoms with Gasteiger partial charge in [-0.1, -0.05) is 38.1 Å². The van der Waals surface area contributed by atoms with Crippen molar-refractivity contribution < 1.29 is 19.1 Å². The van der Waals surface area contributed by atoms with E-state index in [0.29, 0.717) is 49.2 Å². The molecule has 0 saturated heterocycles. The molecule has 0 spiro atoms. The van der Waals surface area contributed by atoms with E-state index in [0.717, 1.165) is 22.9 Å². The molecule has 0 aliphatic carbocycles. The van der Waals surface area contributed by atoms with Crippen LogP contribution in [-0.4, -0.2) is 54.1 Å². The molecule has 1 atom stereocenters. The number of nitrogens with zero attached hydrogens (tertiary/aromatic N) is 2. The molecule has 1 aliphatic heterocycles. The fourth-order valence-electron chi connectivity index (χ4n) is 4.80. The fraction of sp³-hybridized carbons (Fsp3) is 0.429. The quantitative estimate of drug-likeness (QED) is 0.499. The summed E-state index contributed by atoms with van der Waals surface area (Å²) in [6, 6.07) is 15.6. The highest BCUT2D eigenvalue weighted by Gasteiger charge is 2.47. The van der Waals surface area contributed by atoms with E-state index in [1.807, 2.05) is 60.0 Å². The Hall–Kier alpha value is -3.48. The molecule has 0 unspecified atom stereocenters. The molecule has 2 aromatic carbocycles. The van der Waals surface area contributed by atoms with Crippen molar-refractivity contribution in [2.24, 2.45) is 5.92 Å². The Labute approximate surface area is 207 Å². The maximum Gasteiger partial charge on any atom is 0.271 e. The molecule has 35 heavy (non-hydrogen) atoms. The average Bonchev–Trinajstić information content (AvgIpc) is 3.22. The van der Waals surface area contributed by atoms with Gasteiger partial charge in [0.05, 0.1) is 20.8 Å². The highest BCUT2D eigenvalue weighted by Crippen LogP contribution is 2.33. The number of benzene rings is 2. The van der Waals surface area contributed by atoms with Crippen LogP contribution in [0.2, 0.25) is 0 Å². The van der Waals surface area contributed by atoms with E-state index in [1.54, 1.807) is 19.1 Å². The van der Waals surface area contributed by atoms with Gasteiger partial charge in [0.1, 0.15) is 11.2 Å². The number of rotatable bonds is 9. The third-order valence-corrected chi connectivity index (χ3v) is 6.91. The Bertz CT molecular complexity index is 1230. The summed E-state index contributed by atoms with van der Waals surface area (Å²) in [6.07, 6.45) is 1.47. The first-order chi connectivity index (χ1) is 16.8. The Kier molecular flexibility index (Phi) is 7.05. The number of hydrogen-bond donors (Lipinski definition) is 1. The zero-order chi connectivity index (χ0) is 25.2. The van der Waals surface area contributed by atoms with Crippen molar-refractivity contribution in [3.63, 3.8) is 0 Å². The first-order valence-electron chi connectivity index (χ1n) is 12.2. The Morgan fingerprint density at radius 3 is 2.54 bits per heavy atom. The lowest BCUT2D eigenvalue weighted by Crippen LogP contribution is -2.64. The minimum Gasteiger partial charge on any atom is -0.493 e. The average molecular weight is 478 g/mol. The highest BCUT2D eigenvalue weighted by atomic mass is 16.5. The van der Waals surface area contributed by atoms with Gasteiger partial charge in [-0.25, -0.2) is 0 Å². The first kappa shape index (κ1) is 24.6. The number of ether oxygens (including phenoxy) is 2. The molecule has 2 heterocycles. The molecule has 1 aromatic heterocycles. The first-order valence-corrected chi connectivity index (χ1v) is 12.2. The summed E-state index contributed by atoms with van der Waals surface area (Å²) in [5.41, 5.74) is 1.58. The Morgan fingerprint density at radius 1 is 1.09 bits per heavy atom. The minimum atomic E-state index is -1.01. The molecule has 4 rings (SSSR count). The topological polar surface area (TPSA) is 72.8 Å². The lowest BCUT2D eigenvalue weighted by atomic mass is 9.93. The van der Waals surface area contributed by atoms with Crippen LogP contribution in [0.1, 0.15) is 43.2 Å². The number of para-hydroxylation sites is 1. The molecule has 0 bridgehead atoms. The summed E-state index contributed by atoms with van der Waals surface area (Å²) in [5, 5.41) is 4.09. The molecule has 0 saturated carbocycles. The second-order valence-electron chi connectivity index (χ2n) is 9.78. The van der Waals surface area contributed by atoms with E-state index in [4.69, 9.17) is 9.47 Å². The van der Waals surface area contributed by atoms with E-state index < -0.39 is 5.54 Å². The van der Waals surface area contributed by atoms with Crippen LogP contribution < -0.4 is 14.8 Å². The van der Waals surface area contributed by atoms with Crippen LogP contribution in [0.5, 0.6) is 11.5 Å². The molecule has 0 radical (unpaired) electrons. The van der Waals surface area contributed by atoms with E-state index >= 15 is 0 Å². The lowest BCUT2D eigenvalue weighted by Gasteiger charge is -2.44. The van der Waals surface area contributed by atoms with E-state index in [-0.39, 0.29) is 11.8 Å². The summed E-state index contributed by atoms with van der Waals surface area (Å²) in [5.74, 6) is 1.53. The Balaban J connectivity index is 1.66. The van der Waals surface area contributed by atoms with Gasteiger partial charge in [-0.05, 0) is 55.5 Å². The summed E-state index contributed by atoms with van der Waals surface area (Å²) in [4.78, 5) is 29.1. The number of methoxy groups -OCH3 is 2. The summed E-state index contributed by atoms with van der Waals surface area (Å²) in [6.45, 7) is 7.54. The molecule has 1 N–H and O–H groups in total. The van der Waals surface area contributed by atoms with Crippen LogP contribution in [0.15, 0.2) is 48.5 Å². The summed E-state index contributed by atoms with van der Waals surface area (Å²) >= 11 is 0. The van der Waals surface area contributed by atoms with Crippen molar-refractivity contribution >= 4 is 22.7 Å². The molecular weight excluding hydrogens is 442 g/mol. The standard InChI is InChI=1S/C28H35N3O4/c1-19(2)12-14-29-27(33)28(3)18-30-22-9-7-6-8-21(22)17-23(30)26(32)31(28)15-13-20-10-11-24(34-4)25(16-20)35-5/h6-11,16-17,19H,12-15,18H2,1-5H3,(H,29,33)/t28-/m0/s1. The third-order valence-electron chi connectivity index (χ3n) is 6.91. The maximum absolute atomic E-state index is 13.8. The van der Waals surface area contributed by atoms with Crippen molar-refractivity contribution in [3.8, 4) is 11.5 Å². The molecule has 7 heteroatoms. The van der Waals surface area contributed by atoms with Gasteiger partial charge in [0.15, 0.2) is 11.5 Å². The van der Waals surface area contributed by atoms with Crippen LogP contribution in [0.25, 0.3) is 10.9 Å². The Morgan fingerprint density at radius 2 is 1.83 bits per heavy atom. The van der Waals surface area contributed by atoms with Crippen molar-refractivity contribution in [2.75, 3.05) is 27.3 Å². The number of aromatic nitrogens is 1. The maximum atomic E-state index is 13.8. The van der Waals surface area contributed by atoms with Gasteiger partial charge in [0, 0.05) is 24.0 Å². The molecule has 1 aliphatic rings. The number of hydrogen-bond acceptors (Lipinski definition) is 4. The summed E-state index contributed by atoms with van der Waals surface area (Å²) in [7, 11) is 3.21. The predicted octanol–water partition coefficient (Wildman–Crippen LogP) is 4.28. The minimum absolute atomic E-state index is 0.123. The molecule has 7 nitrogen and oxygen atoms in total. The van der Waals surface area contributed by atoms with Crippen LogP contribution in [0.4, 0.5) is 0 Å². The normalized spacial score (nSPS) is 17.5. The van der Waals surface area contributed by atoms with Crippen LogP contribution in [0, 0.1) is 5.92 Å². The molecule has 0 fully saturated rings. The number of carbonyl (C=O) groups is 2. The number of carbonyl (C=O) groups excluding carboxylic acids is 2. The van der Waals surface area contributed by atoms with E-state index in [1.165, 1.54) is 0 Å². The highest BCUT2D eigenvalue weighted by molar-refractivity contribution is 6.03.